The fourth-order valence-corrected chi connectivity index (χ4v) is 3.52. The smallest absolute Gasteiger partial charge is 0.154 e. The number of aliphatic hydroxyl groups excluding tert-OH is 1. The van der Waals surface area contributed by atoms with E-state index in [0.29, 0.717) is 6.61 Å². The number of benzene rings is 2. The Balaban J connectivity index is 1.67. The van der Waals surface area contributed by atoms with E-state index in [9.17, 15) is 5.11 Å². The van der Waals surface area contributed by atoms with E-state index in [1.165, 1.54) is 0 Å². The second kappa shape index (κ2) is 6.41. The van der Waals surface area contributed by atoms with Crippen molar-refractivity contribution in [1.29, 1.82) is 0 Å². The molecule has 0 amide bonds. The lowest BCUT2D eigenvalue weighted by molar-refractivity contribution is 0.195. The summed E-state index contributed by atoms with van der Waals surface area (Å²) >= 11 is 0. The number of para-hydroxylation sites is 3. The lowest BCUT2D eigenvalue weighted by Crippen LogP contribution is -2.43. The van der Waals surface area contributed by atoms with Gasteiger partial charge in [-0.15, -0.1) is 0 Å². The summed E-state index contributed by atoms with van der Waals surface area (Å²) in [5.74, 6) is 2.28. The number of pyridine rings is 1. The third-order valence-electron chi connectivity index (χ3n) is 4.79. The van der Waals surface area contributed by atoms with Gasteiger partial charge in [0.1, 0.15) is 18.2 Å². The van der Waals surface area contributed by atoms with Crippen molar-refractivity contribution in [3.8, 4) is 17.1 Å². The number of nitrogens with zero attached hydrogens (tertiary/aromatic N) is 3. The second-order valence-electron chi connectivity index (χ2n) is 6.46. The molecule has 2 aromatic carbocycles. The van der Waals surface area contributed by atoms with E-state index >= 15 is 0 Å². The van der Waals surface area contributed by atoms with Crippen LogP contribution in [0.25, 0.3) is 22.4 Å². The number of nitrogens with one attached hydrogen (secondary N) is 1. The molecule has 2 N–H and O–H groups in total. The van der Waals surface area contributed by atoms with Crippen LogP contribution in [0.1, 0.15) is 0 Å². The highest BCUT2D eigenvalue weighted by Crippen LogP contribution is 2.43. The third-order valence-corrected chi connectivity index (χ3v) is 4.79. The molecular formula is C21H18N4O2. The Bertz CT molecular complexity index is 1060. The molecule has 0 saturated carbocycles. The van der Waals surface area contributed by atoms with Crippen molar-refractivity contribution in [1.82, 2.24) is 15.0 Å². The van der Waals surface area contributed by atoms with Crippen molar-refractivity contribution in [2.75, 3.05) is 18.1 Å². The molecule has 0 spiro atoms. The molecule has 0 fully saturated rings. The molecule has 1 aliphatic rings. The van der Waals surface area contributed by atoms with Crippen LogP contribution in [0.2, 0.25) is 0 Å². The molecule has 6 heteroatoms. The van der Waals surface area contributed by atoms with Gasteiger partial charge in [0.05, 0.1) is 34.9 Å². The first-order valence-electron chi connectivity index (χ1n) is 8.87. The number of rotatable bonds is 3. The zero-order valence-corrected chi connectivity index (χ0v) is 14.5. The molecule has 0 saturated heterocycles. The average Bonchev–Trinajstić information content (AvgIpc) is 3.17. The maximum Gasteiger partial charge on any atom is 0.154 e. The summed E-state index contributed by atoms with van der Waals surface area (Å²) in [6.45, 7) is 0.349. The number of aromatic nitrogens is 3. The fourth-order valence-electron chi connectivity index (χ4n) is 3.52. The molecule has 0 bridgehead atoms. The Morgan fingerprint density at radius 3 is 2.78 bits per heavy atom. The average molecular weight is 358 g/mol. The third kappa shape index (κ3) is 2.62. The van der Waals surface area contributed by atoms with Gasteiger partial charge in [-0.2, -0.15) is 0 Å². The Morgan fingerprint density at radius 2 is 1.96 bits per heavy atom. The molecule has 134 valence electrons. The van der Waals surface area contributed by atoms with Crippen molar-refractivity contribution in [2.24, 2.45) is 0 Å². The van der Waals surface area contributed by atoms with Gasteiger partial charge < -0.3 is 19.7 Å². The maximum atomic E-state index is 9.86. The van der Waals surface area contributed by atoms with Crippen LogP contribution < -0.4 is 9.64 Å². The van der Waals surface area contributed by atoms with Gasteiger partial charge >= 0.3 is 0 Å². The number of anilines is 2. The fraction of sp³-hybridized carbons (Fsp3) is 0.143. The van der Waals surface area contributed by atoms with Gasteiger partial charge in [-0.25, -0.2) is 9.97 Å². The van der Waals surface area contributed by atoms with Crippen LogP contribution in [0.5, 0.6) is 5.75 Å². The molecule has 27 heavy (non-hydrogen) atoms. The minimum Gasteiger partial charge on any atom is -0.488 e. The molecule has 1 aliphatic heterocycles. The first kappa shape index (κ1) is 15.8. The van der Waals surface area contributed by atoms with Crippen LogP contribution in [0.15, 0.2) is 66.9 Å². The van der Waals surface area contributed by atoms with Crippen LogP contribution in [-0.2, 0) is 0 Å². The topological polar surface area (TPSA) is 74.3 Å². The molecule has 1 atom stereocenters. The number of hydrogen-bond donors (Lipinski definition) is 2. The number of aliphatic hydroxyl groups is 1. The van der Waals surface area contributed by atoms with Crippen LogP contribution >= 0.6 is 0 Å². The Labute approximate surface area is 156 Å². The summed E-state index contributed by atoms with van der Waals surface area (Å²) in [6.07, 6.45) is 1.75. The molecule has 0 aliphatic carbocycles. The van der Waals surface area contributed by atoms with Crippen LogP contribution in [-0.4, -0.2) is 39.3 Å². The Morgan fingerprint density at radius 1 is 1.07 bits per heavy atom. The lowest BCUT2D eigenvalue weighted by atomic mass is 10.1. The van der Waals surface area contributed by atoms with Gasteiger partial charge in [0.25, 0.3) is 0 Å². The highest BCUT2D eigenvalue weighted by Gasteiger charge is 2.31. The Hall–Kier alpha value is -3.38. The van der Waals surface area contributed by atoms with Crippen LogP contribution in [0.4, 0.5) is 11.5 Å². The van der Waals surface area contributed by atoms with Crippen molar-refractivity contribution in [2.45, 2.75) is 6.04 Å². The molecular weight excluding hydrogens is 340 g/mol. The molecule has 4 aromatic rings. The first-order chi connectivity index (χ1) is 13.3. The molecule has 2 aromatic heterocycles. The number of aromatic amines is 1. The summed E-state index contributed by atoms with van der Waals surface area (Å²) in [5, 5.41) is 9.86. The highest BCUT2D eigenvalue weighted by atomic mass is 16.5. The molecule has 6 nitrogen and oxygen atoms in total. The summed E-state index contributed by atoms with van der Waals surface area (Å²) < 4.78 is 6.07. The molecule has 3 heterocycles. The SMILES string of the molecule is OC[C@H]1COc2c(-c3nc4ccccc4[nH]3)cccc2N1c1ccccn1. The standard InChI is InChI=1S/C21H18N4O2/c26-12-14-13-27-20-15(21-23-16-7-1-2-8-17(16)24-21)6-5-9-18(20)25(14)19-10-3-4-11-22-19/h1-11,14,26H,12-13H2,(H,23,24)/t14-/m0/s1. The number of H-pyrrole nitrogens is 1. The second-order valence-corrected chi connectivity index (χ2v) is 6.46. The molecule has 0 unspecified atom stereocenters. The normalized spacial score (nSPS) is 16.2. The zero-order valence-electron chi connectivity index (χ0n) is 14.5. The molecule has 0 radical (unpaired) electrons. The van der Waals surface area contributed by atoms with E-state index in [0.717, 1.165) is 39.7 Å². The van der Waals surface area contributed by atoms with E-state index < -0.39 is 0 Å². The van der Waals surface area contributed by atoms with E-state index in [2.05, 4.69) is 9.97 Å². The predicted octanol–water partition coefficient (Wildman–Crippen LogP) is 3.52. The monoisotopic (exact) mass is 358 g/mol. The van der Waals surface area contributed by atoms with Gasteiger partial charge in [0, 0.05) is 6.20 Å². The van der Waals surface area contributed by atoms with Crippen molar-refractivity contribution >= 4 is 22.5 Å². The molecule has 5 rings (SSSR count). The van der Waals surface area contributed by atoms with Crippen molar-refractivity contribution < 1.29 is 9.84 Å². The quantitative estimate of drug-likeness (QED) is 0.586. The van der Waals surface area contributed by atoms with Gasteiger partial charge in [0.15, 0.2) is 5.75 Å². The van der Waals surface area contributed by atoms with Gasteiger partial charge in [-0.3, -0.25) is 0 Å². The maximum absolute atomic E-state index is 9.86. The number of ether oxygens (including phenoxy) is 1. The highest BCUT2D eigenvalue weighted by molar-refractivity contribution is 5.84. The van der Waals surface area contributed by atoms with Crippen molar-refractivity contribution in [3.05, 3.63) is 66.9 Å². The van der Waals surface area contributed by atoms with Crippen LogP contribution in [0, 0.1) is 0 Å². The van der Waals surface area contributed by atoms with E-state index in [1.54, 1.807) is 6.20 Å². The summed E-state index contributed by atoms with van der Waals surface area (Å²) in [6, 6.07) is 19.4. The first-order valence-corrected chi connectivity index (χ1v) is 8.87. The van der Waals surface area contributed by atoms with Crippen molar-refractivity contribution in [3.63, 3.8) is 0 Å². The van der Waals surface area contributed by atoms with Gasteiger partial charge in [0.2, 0.25) is 0 Å². The number of imidazole rings is 1. The zero-order chi connectivity index (χ0) is 18.2. The van der Waals surface area contributed by atoms with Gasteiger partial charge in [-0.1, -0.05) is 24.3 Å². The van der Waals surface area contributed by atoms with Gasteiger partial charge in [-0.05, 0) is 36.4 Å². The van der Waals surface area contributed by atoms with E-state index in [1.807, 2.05) is 65.6 Å². The lowest BCUT2D eigenvalue weighted by Gasteiger charge is -2.37. The number of hydrogen-bond acceptors (Lipinski definition) is 5. The van der Waals surface area contributed by atoms with Crippen LogP contribution in [0.3, 0.4) is 0 Å². The minimum atomic E-state index is -0.196. The minimum absolute atomic E-state index is 0.0229. The summed E-state index contributed by atoms with van der Waals surface area (Å²) in [7, 11) is 0. The predicted molar refractivity (Wildman–Crippen MR) is 104 cm³/mol. The Kier molecular flexibility index (Phi) is 3.76. The number of fused-ring (bicyclic) bond motifs is 2. The summed E-state index contributed by atoms with van der Waals surface area (Å²) in [4.78, 5) is 14.6. The largest absolute Gasteiger partial charge is 0.488 e. The van der Waals surface area contributed by atoms with E-state index in [-0.39, 0.29) is 12.6 Å². The summed E-state index contributed by atoms with van der Waals surface area (Å²) in [5.41, 5.74) is 3.66. The van der Waals surface area contributed by atoms with E-state index in [4.69, 9.17) is 9.72 Å².